The van der Waals surface area contributed by atoms with Gasteiger partial charge in [-0.3, -0.25) is 9.13 Å². The molecule has 0 saturated heterocycles. The van der Waals surface area contributed by atoms with Gasteiger partial charge in [0.15, 0.2) is 5.82 Å². The second-order valence-corrected chi connectivity index (χ2v) is 13.7. The third-order valence-electron chi connectivity index (χ3n) is 9.66. The molecule has 0 spiro atoms. The number of benzene rings is 5. The van der Waals surface area contributed by atoms with Crippen LogP contribution < -0.4 is 14.2 Å². The monoisotopic (exact) mass is 730 g/mol. The van der Waals surface area contributed by atoms with Gasteiger partial charge in [-0.2, -0.15) is 0 Å². The summed E-state index contributed by atoms with van der Waals surface area (Å²) < 4.78 is 23.7. The molecule has 5 aromatic heterocycles. The number of nitrogens with zero attached hydrogens (tertiary/aromatic N) is 6. The number of fused-ring (bicyclic) bond motifs is 6. The Morgan fingerprint density at radius 2 is 0.964 bits per heavy atom. The van der Waals surface area contributed by atoms with Gasteiger partial charge in [0, 0.05) is 76.2 Å². The van der Waals surface area contributed by atoms with E-state index in [4.69, 9.17) is 19.2 Å². The molecular weight excluding hydrogens is 697 g/mol. The van der Waals surface area contributed by atoms with Gasteiger partial charge in [0.2, 0.25) is 0 Å². The zero-order valence-electron chi connectivity index (χ0n) is 30.6. The van der Waals surface area contributed by atoms with Crippen molar-refractivity contribution in [2.45, 2.75) is 20.0 Å². The molecule has 0 bridgehead atoms. The van der Waals surface area contributed by atoms with Crippen LogP contribution in [0.3, 0.4) is 0 Å². The first-order valence-electron chi connectivity index (χ1n) is 18.4. The maximum absolute atomic E-state index is 6.67. The molecular formula is C47H34N6O3. The van der Waals surface area contributed by atoms with E-state index in [0.29, 0.717) is 28.8 Å². The summed E-state index contributed by atoms with van der Waals surface area (Å²) in [5.41, 5.74) is 4.80. The summed E-state index contributed by atoms with van der Waals surface area (Å²) >= 11 is 0. The van der Waals surface area contributed by atoms with Gasteiger partial charge in [-0.25, -0.2) is 19.9 Å². The smallest absolute Gasteiger partial charge is 0.159 e. The molecule has 0 aliphatic rings. The van der Waals surface area contributed by atoms with Crippen LogP contribution in [-0.4, -0.2) is 35.2 Å². The third kappa shape index (κ3) is 6.01. The van der Waals surface area contributed by atoms with E-state index in [9.17, 15) is 0 Å². The summed E-state index contributed by atoms with van der Waals surface area (Å²) in [6.45, 7) is 4.03. The Morgan fingerprint density at radius 1 is 0.411 bits per heavy atom. The second-order valence-electron chi connectivity index (χ2n) is 13.7. The first kappa shape index (κ1) is 33.1. The average Bonchev–Trinajstić information content (AvgIpc) is 3.73. The summed E-state index contributed by atoms with van der Waals surface area (Å²) in [4.78, 5) is 18.5. The number of pyridine rings is 2. The van der Waals surface area contributed by atoms with Crippen LogP contribution in [0.2, 0.25) is 0 Å². The van der Waals surface area contributed by atoms with Crippen molar-refractivity contribution in [3.63, 3.8) is 0 Å². The zero-order valence-corrected chi connectivity index (χ0v) is 30.6. The van der Waals surface area contributed by atoms with Crippen LogP contribution in [-0.2, 0) is 0 Å². The molecule has 56 heavy (non-hydrogen) atoms. The minimum absolute atomic E-state index is 0.0374. The van der Waals surface area contributed by atoms with Crippen molar-refractivity contribution in [2.24, 2.45) is 0 Å². The average molecular weight is 731 g/mol. The van der Waals surface area contributed by atoms with E-state index in [0.717, 1.165) is 66.6 Å². The Labute approximate surface area is 322 Å². The van der Waals surface area contributed by atoms with Crippen molar-refractivity contribution in [3.05, 3.63) is 164 Å². The Balaban J connectivity index is 1.06. The van der Waals surface area contributed by atoms with Crippen molar-refractivity contribution < 1.29 is 14.2 Å². The molecule has 0 radical (unpaired) electrons. The minimum Gasteiger partial charge on any atom is -0.491 e. The van der Waals surface area contributed by atoms with Crippen LogP contribution in [0.25, 0.3) is 66.6 Å². The fourth-order valence-electron chi connectivity index (χ4n) is 7.41. The standard InChI is InChI=1S/C47H34N6O3/c1-30(2)54-34-19-23-49-46(29-34)53-42-13-6-4-11-38(42)40-18-16-33(28-44(40)53)56-36-25-31(47-50-21-9-22-51-47)24-35(26-36)55-32-15-17-39-37-10-3-5-12-41(37)52(43(39)27-32)45-14-7-8-20-48-45/h3-30H,1-2H3. The number of aromatic nitrogens is 6. The molecule has 0 saturated carbocycles. The maximum atomic E-state index is 6.67. The van der Waals surface area contributed by atoms with Crippen molar-refractivity contribution in [1.82, 2.24) is 29.1 Å². The Kier molecular flexibility index (Phi) is 8.10. The normalized spacial score (nSPS) is 11.6. The topological polar surface area (TPSA) is 89.1 Å². The summed E-state index contributed by atoms with van der Waals surface area (Å²) in [5, 5.41) is 4.45. The summed E-state index contributed by atoms with van der Waals surface area (Å²) in [5.74, 6) is 5.35. The Morgan fingerprint density at radius 3 is 1.57 bits per heavy atom. The van der Waals surface area contributed by atoms with E-state index in [1.165, 1.54) is 0 Å². The molecule has 0 unspecified atom stereocenters. The SMILES string of the molecule is CC(C)Oc1ccnc(-n2c3ccccc3c3ccc(Oc4cc(Oc5ccc6c7ccccc7n(-c7ccccn7)c6c5)cc(-c5ncccn5)c4)cc32)c1. The van der Waals surface area contributed by atoms with Gasteiger partial charge < -0.3 is 14.2 Å². The molecule has 10 rings (SSSR count). The molecule has 0 fully saturated rings. The van der Waals surface area contributed by atoms with Gasteiger partial charge in [0.25, 0.3) is 0 Å². The molecule has 10 aromatic rings. The van der Waals surface area contributed by atoms with Gasteiger partial charge in [-0.05, 0) is 86.6 Å². The molecule has 0 amide bonds. The molecule has 0 atom stereocenters. The van der Waals surface area contributed by atoms with Crippen LogP contribution in [0.1, 0.15) is 13.8 Å². The van der Waals surface area contributed by atoms with Crippen LogP contribution in [0, 0.1) is 0 Å². The predicted octanol–water partition coefficient (Wildman–Crippen LogP) is 11.5. The molecule has 9 heteroatoms. The highest BCUT2D eigenvalue weighted by Gasteiger charge is 2.17. The summed E-state index contributed by atoms with van der Waals surface area (Å²) in [6.07, 6.45) is 7.08. The second kappa shape index (κ2) is 13.7. The maximum Gasteiger partial charge on any atom is 0.159 e. The van der Waals surface area contributed by atoms with E-state index in [1.54, 1.807) is 24.7 Å². The van der Waals surface area contributed by atoms with Crippen molar-refractivity contribution >= 4 is 43.6 Å². The number of hydrogen-bond acceptors (Lipinski definition) is 7. The van der Waals surface area contributed by atoms with E-state index < -0.39 is 0 Å². The lowest BCUT2D eigenvalue weighted by atomic mass is 10.1. The first-order valence-corrected chi connectivity index (χ1v) is 18.4. The van der Waals surface area contributed by atoms with Crippen LogP contribution in [0.5, 0.6) is 28.7 Å². The Hall–Kier alpha value is -7.52. The van der Waals surface area contributed by atoms with E-state index in [-0.39, 0.29) is 6.10 Å². The van der Waals surface area contributed by atoms with Crippen LogP contribution in [0.4, 0.5) is 0 Å². The fraction of sp³-hybridized carbons (Fsp3) is 0.0638. The largest absolute Gasteiger partial charge is 0.491 e. The lowest BCUT2D eigenvalue weighted by Crippen LogP contribution is -2.06. The highest BCUT2D eigenvalue weighted by molar-refractivity contribution is 6.10. The third-order valence-corrected chi connectivity index (χ3v) is 9.66. The fourth-order valence-corrected chi connectivity index (χ4v) is 7.41. The molecule has 0 N–H and O–H groups in total. The molecule has 5 heterocycles. The lowest BCUT2D eigenvalue weighted by Gasteiger charge is -2.14. The van der Waals surface area contributed by atoms with Gasteiger partial charge in [-0.15, -0.1) is 0 Å². The van der Waals surface area contributed by atoms with Gasteiger partial charge in [0.1, 0.15) is 40.4 Å². The molecule has 5 aromatic carbocycles. The molecule has 9 nitrogen and oxygen atoms in total. The number of hydrogen-bond donors (Lipinski definition) is 0. The van der Waals surface area contributed by atoms with E-state index >= 15 is 0 Å². The van der Waals surface area contributed by atoms with Gasteiger partial charge in [0.05, 0.1) is 28.2 Å². The molecule has 0 aliphatic carbocycles. The number of rotatable bonds is 9. The van der Waals surface area contributed by atoms with Crippen LogP contribution >= 0.6 is 0 Å². The van der Waals surface area contributed by atoms with Gasteiger partial charge in [-0.1, -0.05) is 42.5 Å². The summed E-state index contributed by atoms with van der Waals surface area (Å²) in [6, 6.07) is 46.3. The lowest BCUT2D eigenvalue weighted by molar-refractivity contribution is 0.242. The minimum atomic E-state index is 0.0374. The van der Waals surface area contributed by atoms with Gasteiger partial charge >= 0.3 is 0 Å². The quantitative estimate of drug-likeness (QED) is 0.146. The number of para-hydroxylation sites is 2. The van der Waals surface area contributed by atoms with Crippen molar-refractivity contribution in [2.75, 3.05) is 0 Å². The summed E-state index contributed by atoms with van der Waals surface area (Å²) in [7, 11) is 0. The van der Waals surface area contributed by atoms with Crippen molar-refractivity contribution in [1.29, 1.82) is 0 Å². The molecule has 270 valence electrons. The van der Waals surface area contributed by atoms with Crippen molar-refractivity contribution in [3.8, 4) is 51.8 Å². The number of ether oxygens (including phenoxy) is 3. The van der Waals surface area contributed by atoms with E-state index in [1.807, 2.05) is 98.9 Å². The molecule has 0 aliphatic heterocycles. The first-order chi connectivity index (χ1) is 27.6. The Bertz CT molecular complexity index is 3050. The van der Waals surface area contributed by atoms with Crippen LogP contribution in [0.15, 0.2) is 164 Å². The predicted molar refractivity (Wildman–Crippen MR) is 221 cm³/mol. The zero-order chi connectivity index (χ0) is 37.6. The highest BCUT2D eigenvalue weighted by Crippen LogP contribution is 2.39. The highest BCUT2D eigenvalue weighted by atomic mass is 16.5. The van der Waals surface area contributed by atoms with E-state index in [2.05, 4.69) is 78.7 Å².